The molecular weight excluding hydrogens is 170 g/mol. The van der Waals surface area contributed by atoms with Gasteiger partial charge < -0.3 is 10.2 Å². The molecule has 0 heterocycles. The molecule has 0 fully saturated rings. The second-order valence-electron chi connectivity index (χ2n) is 3.59. The molecule has 0 aromatic carbocycles. The van der Waals surface area contributed by atoms with Gasteiger partial charge >= 0.3 is 5.97 Å². The van der Waals surface area contributed by atoms with Crippen molar-refractivity contribution in [3.8, 4) is 0 Å². The zero-order valence-electron chi connectivity index (χ0n) is 8.50. The maximum absolute atomic E-state index is 10.6. The summed E-state index contributed by atoms with van der Waals surface area (Å²) in [5, 5.41) is 20.5. The first-order chi connectivity index (χ1) is 5.95. The third-order valence-electron chi connectivity index (χ3n) is 2.38. The molecule has 0 aromatic heterocycles. The zero-order chi connectivity index (χ0) is 10.5. The second kappa shape index (κ2) is 5.19. The minimum atomic E-state index is -0.863. The van der Waals surface area contributed by atoms with Crippen molar-refractivity contribution in [3.63, 3.8) is 0 Å². The number of carbonyl (C=O) groups is 1. The van der Waals surface area contributed by atoms with E-state index in [1.807, 2.05) is 13.8 Å². The van der Waals surface area contributed by atoms with E-state index in [0.717, 1.165) is 6.42 Å². The molecule has 13 heavy (non-hydrogen) atoms. The maximum Gasteiger partial charge on any atom is 0.320 e. The van der Waals surface area contributed by atoms with E-state index >= 15 is 0 Å². The molecule has 0 aliphatic rings. The SMILES string of the molecule is CCC(C)(CCO)NC(C)C(=O)O. The van der Waals surface area contributed by atoms with Crippen LogP contribution in [0.2, 0.25) is 0 Å². The van der Waals surface area contributed by atoms with Gasteiger partial charge in [-0.15, -0.1) is 0 Å². The van der Waals surface area contributed by atoms with E-state index in [2.05, 4.69) is 5.32 Å². The van der Waals surface area contributed by atoms with Gasteiger partial charge in [0.25, 0.3) is 0 Å². The van der Waals surface area contributed by atoms with Gasteiger partial charge in [-0.3, -0.25) is 10.1 Å². The fourth-order valence-corrected chi connectivity index (χ4v) is 1.18. The van der Waals surface area contributed by atoms with Crippen LogP contribution in [0.15, 0.2) is 0 Å². The summed E-state index contributed by atoms with van der Waals surface area (Å²) < 4.78 is 0. The molecule has 3 N–H and O–H groups in total. The van der Waals surface area contributed by atoms with E-state index in [9.17, 15) is 4.79 Å². The van der Waals surface area contributed by atoms with E-state index in [1.54, 1.807) is 6.92 Å². The van der Waals surface area contributed by atoms with Gasteiger partial charge in [0.15, 0.2) is 0 Å². The van der Waals surface area contributed by atoms with Crippen LogP contribution in [0.3, 0.4) is 0 Å². The summed E-state index contributed by atoms with van der Waals surface area (Å²) in [6, 6.07) is -0.573. The quantitative estimate of drug-likeness (QED) is 0.572. The number of hydrogen-bond acceptors (Lipinski definition) is 3. The standard InChI is InChI=1S/C9H19NO3/c1-4-9(3,5-6-11)10-7(2)8(12)13/h7,10-11H,4-6H2,1-3H3,(H,12,13). The van der Waals surface area contributed by atoms with E-state index in [4.69, 9.17) is 10.2 Å². The van der Waals surface area contributed by atoms with Gasteiger partial charge in [0.2, 0.25) is 0 Å². The molecule has 4 nitrogen and oxygen atoms in total. The molecule has 78 valence electrons. The fourth-order valence-electron chi connectivity index (χ4n) is 1.18. The third-order valence-corrected chi connectivity index (χ3v) is 2.38. The van der Waals surface area contributed by atoms with Crippen molar-refractivity contribution in [1.29, 1.82) is 0 Å². The molecule has 0 aliphatic carbocycles. The maximum atomic E-state index is 10.6. The van der Waals surface area contributed by atoms with Crippen LogP contribution in [0.4, 0.5) is 0 Å². The Kier molecular flexibility index (Phi) is 4.95. The number of aliphatic hydroxyl groups is 1. The first-order valence-corrected chi connectivity index (χ1v) is 4.56. The minimum absolute atomic E-state index is 0.0731. The second-order valence-corrected chi connectivity index (χ2v) is 3.59. The van der Waals surface area contributed by atoms with Crippen LogP contribution in [0.1, 0.15) is 33.6 Å². The zero-order valence-corrected chi connectivity index (χ0v) is 8.50. The molecule has 4 heteroatoms. The van der Waals surface area contributed by atoms with Crippen LogP contribution in [0, 0.1) is 0 Å². The molecule has 0 spiro atoms. The Balaban J connectivity index is 4.17. The summed E-state index contributed by atoms with van der Waals surface area (Å²) in [4.78, 5) is 10.6. The van der Waals surface area contributed by atoms with E-state index < -0.39 is 12.0 Å². The molecule has 2 unspecified atom stereocenters. The topological polar surface area (TPSA) is 69.6 Å². The number of rotatable bonds is 6. The van der Waals surface area contributed by atoms with Gasteiger partial charge in [0.1, 0.15) is 6.04 Å². The fraction of sp³-hybridized carbons (Fsp3) is 0.889. The number of aliphatic carboxylic acids is 1. The molecule has 0 saturated heterocycles. The predicted octanol–water partition coefficient (Wildman–Crippen LogP) is 0.600. The smallest absolute Gasteiger partial charge is 0.320 e. The van der Waals surface area contributed by atoms with E-state index in [1.165, 1.54) is 0 Å². The lowest BCUT2D eigenvalue weighted by Gasteiger charge is -2.31. The first-order valence-electron chi connectivity index (χ1n) is 4.56. The third kappa shape index (κ3) is 4.24. The van der Waals surface area contributed by atoms with Crippen molar-refractivity contribution >= 4 is 5.97 Å². The van der Waals surface area contributed by atoms with Crippen LogP contribution in [0.25, 0.3) is 0 Å². The van der Waals surface area contributed by atoms with Crippen LogP contribution in [-0.4, -0.2) is 34.4 Å². The van der Waals surface area contributed by atoms with Gasteiger partial charge in [-0.2, -0.15) is 0 Å². The number of nitrogens with one attached hydrogen (secondary N) is 1. The van der Waals surface area contributed by atoms with Crippen molar-refractivity contribution in [1.82, 2.24) is 5.32 Å². The summed E-state index contributed by atoms with van der Waals surface area (Å²) in [6.45, 7) is 5.57. The molecule has 0 rings (SSSR count). The van der Waals surface area contributed by atoms with Crippen molar-refractivity contribution in [2.45, 2.75) is 45.2 Å². The highest BCUT2D eigenvalue weighted by Crippen LogP contribution is 2.14. The molecule has 0 saturated carbocycles. The normalized spacial score (nSPS) is 17.8. The van der Waals surface area contributed by atoms with Crippen molar-refractivity contribution in [3.05, 3.63) is 0 Å². The Hall–Kier alpha value is -0.610. The molecular formula is C9H19NO3. The number of aliphatic hydroxyl groups excluding tert-OH is 1. The van der Waals surface area contributed by atoms with E-state index in [0.29, 0.717) is 6.42 Å². The number of carboxylic acid groups (broad SMARTS) is 1. The Labute approximate surface area is 79.0 Å². The summed E-state index contributed by atoms with van der Waals surface area (Å²) in [7, 11) is 0. The van der Waals surface area contributed by atoms with Gasteiger partial charge in [-0.1, -0.05) is 6.92 Å². The number of carboxylic acids is 1. The lowest BCUT2D eigenvalue weighted by Crippen LogP contribution is -2.50. The average molecular weight is 189 g/mol. The van der Waals surface area contributed by atoms with Gasteiger partial charge in [0, 0.05) is 12.1 Å². The predicted molar refractivity (Wildman–Crippen MR) is 50.6 cm³/mol. The molecule has 0 amide bonds. The summed E-state index contributed by atoms with van der Waals surface area (Å²) in [5.41, 5.74) is -0.285. The van der Waals surface area contributed by atoms with Gasteiger partial charge in [-0.05, 0) is 26.7 Å². The van der Waals surface area contributed by atoms with Gasteiger partial charge in [-0.25, -0.2) is 0 Å². The lowest BCUT2D eigenvalue weighted by atomic mass is 9.94. The van der Waals surface area contributed by atoms with Crippen LogP contribution in [0.5, 0.6) is 0 Å². The molecule has 0 bridgehead atoms. The highest BCUT2D eigenvalue weighted by atomic mass is 16.4. The molecule has 2 atom stereocenters. The molecule has 0 aromatic rings. The summed E-state index contributed by atoms with van der Waals surface area (Å²) >= 11 is 0. The first kappa shape index (κ1) is 12.4. The van der Waals surface area contributed by atoms with E-state index in [-0.39, 0.29) is 12.1 Å². The molecule has 0 aliphatic heterocycles. The summed E-state index contributed by atoms with van der Waals surface area (Å²) in [6.07, 6.45) is 1.37. The van der Waals surface area contributed by atoms with Crippen LogP contribution >= 0.6 is 0 Å². The van der Waals surface area contributed by atoms with Crippen molar-refractivity contribution < 1.29 is 15.0 Å². The highest BCUT2D eigenvalue weighted by molar-refractivity contribution is 5.72. The monoisotopic (exact) mass is 189 g/mol. The van der Waals surface area contributed by atoms with Crippen molar-refractivity contribution in [2.75, 3.05) is 6.61 Å². The lowest BCUT2D eigenvalue weighted by molar-refractivity contribution is -0.139. The average Bonchev–Trinajstić information content (AvgIpc) is 2.04. The van der Waals surface area contributed by atoms with Gasteiger partial charge in [0.05, 0.1) is 0 Å². The highest BCUT2D eigenvalue weighted by Gasteiger charge is 2.25. The van der Waals surface area contributed by atoms with Crippen LogP contribution < -0.4 is 5.32 Å². The molecule has 0 radical (unpaired) electrons. The Bertz CT molecular complexity index is 172. The number of hydrogen-bond donors (Lipinski definition) is 3. The Morgan fingerprint density at radius 1 is 1.62 bits per heavy atom. The Morgan fingerprint density at radius 2 is 2.15 bits per heavy atom. The Morgan fingerprint density at radius 3 is 2.46 bits per heavy atom. The minimum Gasteiger partial charge on any atom is -0.480 e. The largest absolute Gasteiger partial charge is 0.480 e. The summed E-state index contributed by atoms with van der Waals surface area (Å²) in [5.74, 6) is -0.863. The van der Waals surface area contributed by atoms with Crippen LogP contribution in [-0.2, 0) is 4.79 Å². The van der Waals surface area contributed by atoms with Crippen molar-refractivity contribution in [2.24, 2.45) is 0 Å².